The van der Waals surface area contributed by atoms with E-state index in [1.54, 1.807) is 0 Å². The fourth-order valence-corrected chi connectivity index (χ4v) is 7.25. The molecular formula is C41H35N2+. The zero-order valence-electron chi connectivity index (χ0n) is 25.2. The number of fused-ring (bicyclic) bond motifs is 11. The molecular weight excluding hydrogens is 520 g/mol. The molecule has 2 heterocycles. The van der Waals surface area contributed by atoms with Crippen LogP contribution in [0.15, 0.2) is 121 Å². The SMILES string of the molecule is Cc1cc2c3ccccc3n(CC(C)C)c2cc1-c1cc2c(c[n+]1C)-c1ccccc1-c1ccccc1-c1ccccc1-2. The van der Waals surface area contributed by atoms with Crippen LogP contribution in [0.2, 0.25) is 0 Å². The van der Waals surface area contributed by atoms with Gasteiger partial charge in [0.2, 0.25) is 5.69 Å². The van der Waals surface area contributed by atoms with Crippen molar-refractivity contribution in [3.05, 3.63) is 127 Å². The van der Waals surface area contributed by atoms with Crippen LogP contribution in [0.25, 0.3) is 77.6 Å². The van der Waals surface area contributed by atoms with Gasteiger partial charge >= 0.3 is 0 Å². The summed E-state index contributed by atoms with van der Waals surface area (Å²) in [6, 6.07) is 42.8. The molecule has 0 radical (unpaired) electrons. The second-order valence-electron chi connectivity index (χ2n) is 12.4. The standard InChI is InChI=1S/C41H35N2/c1-26(2)24-43-39-20-12-11-19-34(39)37-21-27(3)35(22-41(37)43)40-23-36-32-17-9-7-15-30(32)28-13-5-6-14-29(28)31-16-8-10-18-33(31)38(36)25-42(40)4/h5-23,25-26H,24H2,1-4H3/q+1. The molecule has 0 saturated heterocycles. The predicted octanol–water partition coefficient (Wildman–Crippen LogP) is 10.2. The van der Waals surface area contributed by atoms with Crippen LogP contribution in [0.1, 0.15) is 19.4 Å². The fraction of sp³-hybridized carbons (Fsp3) is 0.146. The number of aromatic nitrogens is 2. The van der Waals surface area contributed by atoms with Crippen molar-refractivity contribution < 1.29 is 4.57 Å². The molecule has 5 aromatic carbocycles. The van der Waals surface area contributed by atoms with E-state index in [-0.39, 0.29) is 0 Å². The van der Waals surface area contributed by atoms with Crippen LogP contribution in [-0.2, 0) is 13.6 Å². The van der Waals surface area contributed by atoms with Crippen molar-refractivity contribution in [2.45, 2.75) is 27.3 Å². The quantitative estimate of drug-likeness (QED) is 0.192. The number of nitrogens with zero attached hydrogens (tertiary/aromatic N) is 2. The van der Waals surface area contributed by atoms with Crippen molar-refractivity contribution in [3.8, 4) is 55.8 Å². The van der Waals surface area contributed by atoms with Gasteiger partial charge in [0.15, 0.2) is 6.20 Å². The highest BCUT2D eigenvalue weighted by Gasteiger charge is 2.26. The van der Waals surface area contributed by atoms with Crippen molar-refractivity contribution >= 4 is 21.8 Å². The number of hydrogen-bond donors (Lipinski definition) is 0. The smallest absolute Gasteiger partial charge is 0.213 e. The Labute approximate surface area is 253 Å². The average molecular weight is 556 g/mol. The van der Waals surface area contributed by atoms with Gasteiger partial charge in [-0.2, -0.15) is 0 Å². The maximum absolute atomic E-state index is 2.52. The molecule has 8 rings (SSSR count). The summed E-state index contributed by atoms with van der Waals surface area (Å²) >= 11 is 0. The molecule has 0 fully saturated rings. The maximum atomic E-state index is 2.52. The largest absolute Gasteiger partial charge is 0.340 e. The van der Waals surface area contributed by atoms with Crippen LogP contribution in [0.3, 0.4) is 0 Å². The van der Waals surface area contributed by atoms with Crippen molar-refractivity contribution in [3.63, 3.8) is 0 Å². The number of pyridine rings is 1. The number of benzene rings is 5. The van der Waals surface area contributed by atoms with Crippen molar-refractivity contribution in [2.24, 2.45) is 13.0 Å². The van der Waals surface area contributed by atoms with Crippen LogP contribution >= 0.6 is 0 Å². The van der Waals surface area contributed by atoms with Gasteiger partial charge in [-0.3, -0.25) is 0 Å². The van der Waals surface area contributed by atoms with E-state index in [2.05, 4.69) is 158 Å². The lowest BCUT2D eigenvalue weighted by Gasteiger charge is -2.22. The number of hydrogen-bond acceptors (Lipinski definition) is 0. The molecule has 2 aromatic heterocycles. The van der Waals surface area contributed by atoms with E-state index in [1.165, 1.54) is 83.1 Å². The lowest BCUT2D eigenvalue weighted by molar-refractivity contribution is -0.659. The maximum Gasteiger partial charge on any atom is 0.213 e. The first-order chi connectivity index (χ1) is 21.0. The van der Waals surface area contributed by atoms with E-state index in [4.69, 9.17) is 0 Å². The molecule has 43 heavy (non-hydrogen) atoms. The Morgan fingerprint density at radius 3 is 1.63 bits per heavy atom. The van der Waals surface area contributed by atoms with E-state index in [9.17, 15) is 0 Å². The summed E-state index contributed by atoms with van der Waals surface area (Å²) in [5.74, 6) is 0.552. The topological polar surface area (TPSA) is 8.81 Å². The third-order valence-electron chi connectivity index (χ3n) is 9.16. The van der Waals surface area contributed by atoms with Gasteiger partial charge in [-0.1, -0.05) is 105 Å². The van der Waals surface area contributed by atoms with Gasteiger partial charge in [-0.05, 0) is 70.0 Å². The lowest BCUT2D eigenvalue weighted by Crippen LogP contribution is -2.31. The molecule has 2 heteroatoms. The Morgan fingerprint density at radius 2 is 1.05 bits per heavy atom. The molecule has 2 nitrogen and oxygen atoms in total. The highest BCUT2D eigenvalue weighted by Crippen LogP contribution is 2.48. The average Bonchev–Trinajstić information content (AvgIpc) is 3.31. The highest BCUT2D eigenvalue weighted by atomic mass is 15.0. The predicted molar refractivity (Wildman–Crippen MR) is 181 cm³/mol. The number of para-hydroxylation sites is 1. The molecule has 208 valence electrons. The van der Waals surface area contributed by atoms with E-state index in [0.717, 1.165) is 6.54 Å². The molecule has 0 spiro atoms. The van der Waals surface area contributed by atoms with Gasteiger partial charge < -0.3 is 4.57 Å². The summed E-state index contributed by atoms with van der Waals surface area (Å²) in [7, 11) is 2.20. The first kappa shape index (κ1) is 25.7. The minimum absolute atomic E-state index is 0.552. The highest BCUT2D eigenvalue weighted by molar-refractivity contribution is 6.10. The van der Waals surface area contributed by atoms with Crippen LogP contribution < -0.4 is 4.57 Å². The van der Waals surface area contributed by atoms with Gasteiger partial charge in [-0.15, -0.1) is 0 Å². The summed E-state index contributed by atoms with van der Waals surface area (Å²) in [5, 5.41) is 2.67. The molecule has 7 aromatic rings. The van der Waals surface area contributed by atoms with E-state index in [1.807, 2.05) is 0 Å². The molecule has 0 aliphatic heterocycles. The van der Waals surface area contributed by atoms with Crippen molar-refractivity contribution in [1.82, 2.24) is 4.57 Å². The first-order valence-electron chi connectivity index (χ1n) is 15.3. The minimum atomic E-state index is 0.552. The van der Waals surface area contributed by atoms with E-state index in [0.29, 0.717) is 5.92 Å². The second kappa shape index (κ2) is 9.81. The summed E-state index contributed by atoms with van der Waals surface area (Å²) < 4.78 is 4.85. The fourth-order valence-electron chi connectivity index (χ4n) is 7.25. The molecule has 0 bridgehead atoms. The second-order valence-corrected chi connectivity index (χ2v) is 12.4. The molecule has 0 amide bonds. The van der Waals surface area contributed by atoms with Gasteiger partial charge in [-0.25, -0.2) is 4.57 Å². The molecule has 0 saturated carbocycles. The van der Waals surface area contributed by atoms with Crippen molar-refractivity contribution in [2.75, 3.05) is 0 Å². The lowest BCUT2D eigenvalue weighted by atomic mass is 9.81. The molecule has 0 N–H and O–H groups in total. The van der Waals surface area contributed by atoms with Gasteiger partial charge in [0.05, 0.1) is 11.1 Å². The normalized spacial score (nSPS) is 12.0. The van der Waals surface area contributed by atoms with Crippen LogP contribution in [0.4, 0.5) is 0 Å². The number of rotatable bonds is 3. The monoisotopic (exact) mass is 555 g/mol. The summed E-state index contributed by atoms with van der Waals surface area (Å²) in [6.45, 7) is 7.86. The summed E-state index contributed by atoms with van der Waals surface area (Å²) in [4.78, 5) is 0. The molecule has 0 atom stereocenters. The summed E-state index contributed by atoms with van der Waals surface area (Å²) in [5.41, 5.74) is 16.6. The summed E-state index contributed by atoms with van der Waals surface area (Å²) in [6.07, 6.45) is 2.35. The Bertz CT molecular complexity index is 2210. The number of aryl methyl sites for hydroxylation is 2. The first-order valence-corrected chi connectivity index (χ1v) is 15.3. The van der Waals surface area contributed by atoms with Crippen LogP contribution in [-0.4, -0.2) is 4.57 Å². The minimum Gasteiger partial charge on any atom is -0.340 e. The third kappa shape index (κ3) is 3.97. The van der Waals surface area contributed by atoms with Crippen LogP contribution in [0, 0.1) is 12.8 Å². The Balaban J connectivity index is 1.44. The van der Waals surface area contributed by atoms with Gasteiger partial charge in [0.1, 0.15) is 7.05 Å². The van der Waals surface area contributed by atoms with Crippen molar-refractivity contribution in [1.29, 1.82) is 0 Å². The Kier molecular flexibility index (Phi) is 5.87. The van der Waals surface area contributed by atoms with Crippen LogP contribution in [0.5, 0.6) is 0 Å². The molecule has 1 aliphatic rings. The van der Waals surface area contributed by atoms with Gasteiger partial charge in [0.25, 0.3) is 0 Å². The third-order valence-corrected chi connectivity index (χ3v) is 9.16. The zero-order valence-corrected chi connectivity index (χ0v) is 25.2. The van der Waals surface area contributed by atoms with E-state index >= 15 is 0 Å². The Hall–Kier alpha value is -4.95. The zero-order chi connectivity index (χ0) is 29.2. The molecule has 1 aliphatic carbocycles. The van der Waals surface area contributed by atoms with E-state index < -0.39 is 0 Å². The molecule has 0 unspecified atom stereocenters. The van der Waals surface area contributed by atoms with Gasteiger partial charge in [0, 0.05) is 40.0 Å². The Morgan fingerprint density at radius 1 is 0.535 bits per heavy atom.